The molecule has 0 saturated heterocycles. The van der Waals surface area contributed by atoms with Gasteiger partial charge in [0.15, 0.2) is 0 Å². The predicted octanol–water partition coefficient (Wildman–Crippen LogP) is 1.78. The number of rotatable bonds is 5. The van der Waals surface area contributed by atoms with Crippen molar-refractivity contribution in [3.8, 4) is 5.75 Å². The first kappa shape index (κ1) is 13.5. The summed E-state index contributed by atoms with van der Waals surface area (Å²) >= 11 is 0. The zero-order valence-corrected chi connectivity index (χ0v) is 10.5. The van der Waals surface area contributed by atoms with Crippen molar-refractivity contribution in [2.24, 2.45) is 0 Å². The molecule has 4 heteroatoms. The van der Waals surface area contributed by atoms with Gasteiger partial charge in [0.2, 0.25) is 5.91 Å². The van der Waals surface area contributed by atoms with Gasteiger partial charge in [0.25, 0.3) is 0 Å². The van der Waals surface area contributed by atoms with E-state index in [4.69, 9.17) is 4.74 Å². The molecule has 0 aliphatic heterocycles. The van der Waals surface area contributed by atoms with Crippen molar-refractivity contribution >= 4 is 5.91 Å². The summed E-state index contributed by atoms with van der Waals surface area (Å²) in [5.74, 6) is 0.142. The van der Waals surface area contributed by atoms with Crippen LogP contribution in [0.4, 0.5) is 0 Å². The summed E-state index contributed by atoms with van der Waals surface area (Å²) < 4.78 is 5.25. The van der Waals surface area contributed by atoms with Gasteiger partial charge in [-0.15, -0.1) is 0 Å². The molecule has 0 fully saturated rings. The number of amides is 1. The lowest BCUT2D eigenvalue weighted by atomic mass is 10.2. The van der Waals surface area contributed by atoms with Gasteiger partial charge in [-0.1, -0.05) is 12.1 Å². The molecule has 0 atom stereocenters. The number of likely N-dealkylation sites (N-methyl/N-ethyl adjacent to an activating group) is 1. The van der Waals surface area contributed by atoms with E-state index < -0.39 is 0 Å². The van der Waals surface area contributed by atoms with Gasteiger partial charge in [-0.2, -0.15) is 0 Å². The molecule has 4 nitrogen and oxygen atoms in total. The molecule has 0 unspecified atom stereocenters. The number of carbonyl (C=O) groups excluding carboxylic acids is 1. The van der Waals surface area contributed by atoms with Crippen LogP contribution in [0.5, 0.6) is 5.75 Å². The molecule has 0 bridgehead atoms. The second kappa shape index (κ2) is 6.25. The highest BCUT2D eigenvalue weighted by Gasteiger charge is 2.10. The lowest BCUT2D eigenvalue weighted by Crippen LogP contribution is -2.30. The first-order valence-corrected chi connectivity index (χ1v) is 5.62. The number of phenols is 1. The Kier molecular flexibility index (Phi) is 4.97. The third-order valence-corrected chi connectivity index (χ3v) is 2.30. The van der Waals surface area contributed by atoms with Gasteiger partial charge in [-0.05, 0) is 31.5 Å². The molecule has 1 aromatic rings. The molecule has 94 valence electrons. The van der Waals surface area contributed by atoms with E-state index in [0.717, 1.165) is 5.56 Å². The Labute approximate surface area is 102 Å². The van der Waals surface area contributed by atoms with Crippen molar-refractivity contribution in [1.29, 1.82) is 0 Å². The number of hydrogen-bond acceptors (Lipinski definition) is 3. The van der Waals surface area contributed by atoms with Crippen LogP contribution in [-0.4, -0.2) is 35.7 Å². The molecule has 0 aliphatic rings. The van der Waals surface area contributed by atoms with E-state index >= 15 is 0 Å². The van der Waals surface area contributed by atoms with Crippen LogP contribution < -0.4 is 0 Å². The van der Waals surface area contributed by atoms with Crippen molar-refractivity contribution in [1.82, 2.24) is 4.90 Å². The molecule has 0 spiro atoms. The minimum Gasteiger partial charge on any atom is -0.508 e. The lowest BCUT2D eigenvalue weighted by molar-refractivity contribution is -0.136. The second-order valence-electron chi connectivity index (χ2n) is 4.28. The summed E-state index contributed by atoms with van der Waals surface area (Å²) in [7, 11) is 1.72. The molecule has 0 heterocycles. The fraction of sp³-hybridized carbons (Fsp3) is 0.462. The van der Waals surface area contributed by atoms with Crippen LogP contribution in [0.25, 0.3) is 0 Å². The van der Waals surface area contributed by atoms with E-state index in [-0.39, 0.29) is 24.4 Å². The Bertz CT molecular complexity index is 377. The summed E-state index contributed by atoms with van der Waals surface area (Å²) in [4.78, 5) is 13.3. The van der Waals surface area contributed by atoms with Crippen LogP contribution in [-0.2, 0) is 16.1 Å². The molecule has 17 heavy (non-hydrogen) atoms. The highest BCUT2D eigenvalue weighted by Crippen LogP contribution is 2.12. The molecule has 1 aromatic carbocycles. The Morgan fingerprint density at radius 1 is 1.47 bits per heavy atom. The van der Waals surface area contributed by atoms with E-state index in [1.165, 1.54) is 0 Å². The number of aromatic hydroxyl groups is 1. The van der Waals surface area contributed by atoms with Crippen molar-refractivity contribution < 1.29 is 14.6 Å². The molecule has 1 N–H and O–H groups in total. The normalized spacial score (nSPS) is 10.6. The third-order valence-electron chi connectivity index (χ3n) is 2.30. The lowest BCUT2D eigenvalue weighted by Gasteiger charge is -2.18. The molecule has 0 aliphatic carbocycles. The van der Waals surface area contributed by atoms with Crippen LogP contribution in [0.15, 0.2) is 24.3 Å². The van der Waals surface area contributed by atoms with E-state index in [2.05, 4.69) is 0 Å². The average Bonchev–Trinajstić information content (AvgIpc) is 2.25. The van der Waals surface area contributed by atoms with Crippen LogP contribution in [0, 0.1) is 0 Å². The summed E-state index contributed by atoms with van der Waals surface area (Å²) in [6.07, 6.45) is 0.0492. The third kappa shape index (κ3) is 4.87. The fourth-order valence-corrected chi connectivity index (χ4v) is 1.37. The van der Waals surface area contributed by atoms with Crippen LogP contribution in [0.2, 0.25) is 0 Å². The van der Waals surface area contributed by atoms with Gasteiger partial charge in [-0.3, -0.25) is 4.79 Å². The van der Waals surface area contributed by atoms with Crippen molar-refractivity contribution in [3.05, 3.63) is 29.8 Å². The number of hydrogen-bond donors (Lipinski definition) is 1. The quantitative estimate of drug-likeness (QED) is 0.849. The van der Waals surface area contributed by atoms with Crippen molar-refractivity contribution in [2.75, 3.05) is 13.7 Å². The predicted molar refractivity (Wildman–Crippen MR) is 65.7 cm³/mol. The highest BCUT2D eigenvalue weighted by molar-refractivity contribution is 5.77. The van der Waals surface area contributed by atoms with Crippen LogP contribution in [0.3, 0.4) is 0 Å². The first-order chi connectivity index (χ1) is 7.99. The molecule has 0 aromatic heterocycles. The number of phenolic OH excluding ortho intramolecular Hbond substituents is 1. The SMILES string of the molecule is CC(C)OCC(=O)N(C)Cc1cccc(O)c1. The minimum absolute atomic E-state index is 0.0492. The molecule has 1 amide bonds. The van der Waals surface area contributed by atoms with E-state index in [0.29, 0.717) is 6.54 Å². The summed E-state index contributed by atoms with van der Waals surface area (Å²) in [5, 5.41) is 9.31. The van der Waals surface area contributed by atoms with Gasteiger partial charge in [0.05, 0.1) is 6.10 Å². The van der Waals surface area contributed by atoms with Gasteiger partial charge in [0.1, 0.15) is 12.4 Å². The maximum Gasteiger partial charge on any atom is 0.248 e. The Balaban J connectivity index is 2.48. The number of ether oxygens (including phenoxy) is 1. The Morgan fingerprint density at radius 3 is 2.76 bits per heavy atom. The van der Waals surface area contributed by atoms with E-state index in [9.17, 15) is 9.90 Å². The minimum atomic E-state index is -0.0676. The average molecular weight is 237 g/mol. The summed E-state index contributed by atoms with van der Waals surface area (Å²) in [5.41, 5.74) is 0.894. The van der Waals surface area contributed by atoms with E-state index in [1.54, 1.807) is 30.1 Å². The molecule has 0 radical (unpaired) electrons. The molecular weight excluding hydrogens is 218 g/mol. The maximum absolute atomic E-state index is 11.7. The molecule has 0 saturated carbocycles. The van der Waals surface area contributed by atoms with Crippen molar-refractivity contribution in [2.45, 2.75) is 26.5 Å². The zero-order chi connectivity index (χ0) is 12.8. The zero-order valence-electron chi connectivity index (χ0n) is 10.5. The largest absolute Gasteiger partial charge is 0.508 e. The Morgan fingerprint density at radius 2 is 2.18 bits per heavy atom. The summed E-state index contributed by atoms with van der Waals surface area (Å²) in [6, 6.07) is 6.88. The second-order valence-corrected chi connectivity index (χ2v) is 4.28. The van der Waals surface area contributed by atoms with Gasteiger partial charge < -0.3 is 14.7 Å². The first-order valence-electron chi connectivity index (χ1n) is 5.62. The molecular formula is C13H19NO3. The van der Waals surface area contributed by atoms with Crippen LogP contribution >= 0.6 is 0 Å². The van der Waals surface area contributed by atoms with Gasteiger partial charge in [-0.25, -0.2) is 0 Å². The number of nitrogens with zero attached hydrogens (tertiary/aromatic N) is 1. The van der Waals surface area contributed by atoms with E-state index in [1.807, 2.05) is 19.9 Å². The standard InChI is InChI=1S/C13H19NO3/c1-10(2)17-9-13(16)14(3)8-11-5-4-6-12(15)7-11/h4-7,10,15H,8-9H2,1-3H3. The summed E-state index contributed by atoms with van der Waals surface area (Å²) in [6.45, 7) is 4.34. The Hall–Kier alpha value is -1.55. The smallest absolute Gasteiger partial charge is 0.248 e. The highest BCUT2D eigenvalue weighted by atomic mass is 16.5. The number of carbonyl (C=O) groups is 1. The topological polar surface area (TPSA) is 49.8 Å². The maximum atomic E-state index is 11.7. The van der Waals surface area contributed by atoms with Crippen molar-refractivity contribution in [3.63, 3.8) is 0 Å². The monoisotopic (exact) mass is 237 g/mol. The number of benzene rings is 1. The van der Waals surface area contributed by atoms with Gasteiger partial charge >= 0.3 is 0 Å². The van der Waals surface area contributed by atoms with Gasteiger partial charge in [0, 0.05) is 13.6 Å². The molecule has 1 rings (SSSR count). The fourth-order valence-electron chi connectivity index (χ4n) is 1.37. The van der Waals surface area contributed by atoms with Crippen LogP contribution in [0.1, 0.15) is 19.4 Å².